The first-order valence-corrected chi connectivity index (χ1v) is 4.94. The van der Waals surface area contributed by atoms with Crippen LogP contribution in [0.25, 0.3) is 4.85 Å². The summed E-state index contributed by atoms with van der Waals surface area (Å²) in [5.41, 5.74) is 0. The SMILES string of the molecule is [C-]#[N+]C(C)C1CCCSC1. The maximum atomic E-state index is 6.86. The van der Waals surface area contributed by atoms with Crippen LogP contribution in [0.2, 0.25) is 0 Å². The van der Waals surface area contributed by atoms with E-state index >= 15 is 0 Å². The van der Waals surface area contributed by atoms with Gasteiger partial charge in [0.25, 0.3) is 0 Å². The van der Waals surface area contributed by atoms with Gasteiger partial charge in [-0.25, -0.2) is 6.57 Å². The van der Waals surface area contributed by atoms with E-state index in [1.807, 2.05) is 18.7 Å². The van der Waals surface area contributed by atoms with Crippen LogP contribution in [-0.2, 0) is 0 Å². The van der Waals surface area contributed by atoms with Gasteiger partial charge < -0.3 is 4.85 Å². The van der Waals surface area contributed by atoms with E-state index in [4.69, 9.17) is 6.57 Å². The van der Waals surface area contributed by atoms with Gasteiger partial charge in [0.2, 0.25) is 6.04 Å². The second-order valence-electron chi connectivity index (χ2n) is 2.85. The highest BCUT2D eigenvalue weighted by Gasteiger charge is 2.23. The van der Waals surface area contributed by atoms with E-state index in [-0.39, 0.29) is 6.04 Å². The van der Waals surface area contributed by atoms with E-state index in [0.29, 0.717) is 5.92 Å². The Bertz CT molecular complexity index is 133. The quantitative estimate of drug-likeness (QED) is 0.526. The van der Waals surface area contributed by atoms with Crippen LogP contribution >= 0.6 is 11.8 Å². The zero-order valence-electron chi connectivity index (χ0n) is 6.34. The summed E-state index contributed by atoms with van der Waals surface area (Å²) in [5.74, 6) is 3.20. The third-order valence-electron chi connectivity index (χ3n) is 2.08. The van der Waals surface area contributed by atoms with Crippen molar-refractivity contribution in [2.45, 2.75) is 25.8 Å². The van der Waals surface area contributed by atoms with Gasteiger partial charge in [0.15, 0.2) is 0 Å². The summed E-state index contributed by atoms with van der Waals surface area (Å²) in [4.78, 5) is 3.55. The molecule has 0 aromatic rings. The highest BCUT2D eigenvalue weighted by atomic mass is 32.2. The van der Waals surface area contributed by atoms with Gasteiger partial charge in [-0.1, -0.05) is 0 Å². The van der Waals surface area contributed by atoms with Crippen LogP contribution in [0.5, 0.6) is 0 Å². The molecule has 0 amide bonds. The molecule has 0 radical (unpaired) electrons. The first-order valence-electron chi connectivity index (χ1n) is 3.79. The van der Waals surface area contributed by atoms with Gasteiger partial charge in [0, 0.05) is 18.6 Å². The molecule has 2 heteroatoms. The predicted molar refractivity (Wildman–Crippen MR) is 46.1 cm³/mol. The fraction of sp³-hybridized carbons (Fsp3) is 0.875. The number of hydrogen-bond acceptors (Lipinski definition) is 1. The molecule has 2 atom stereocenters. The number of rotatable bonds is 1. The number of nitrogens with zero attached hydrogens (tertiary/aromatic N) is 1. The Balaban J connectivity index is 2.33. The topological polar surface area (TPSA) is 4.36 Å². The lowest BCUT2D eigenvalue weighted by atomic mass is 9.98. The average Bonchev–Trinajstić information content (AvgIpc) is 2.05. The molecule has 1 saturated heterocycles. The monoisotopic (exact) mass is 155 g/mol. The minimum absolute atomic E-state index is 0.257. The van der Waals surface area contributed by atoms with Crippen molar-refractivity contribution >= 4 is 11.8 Å². The molecule has 1 nitrogen and oxygen atoms in total. The Hall–Kier alpha value is -0.160. The lowest BCUT2D eigenvalue weighted by Crippen LogP contribution is -2.19. The van der Waals surface area contributed by atoms with Gasteiger partial charge in [0.1, 0.15) is 0 Å². The molecule has 10 heavy (non-hydrogen) atoms. The predicted octanol–water partition coefficient (Wildman–Crippen LogP) is 2.44. The third kappa shape index (κ3) is 1.91. The van der Waals surface area contributed by atoms with Crippen molar-refractivity contribution in [2.75, 3.05) is 11.5 Å². The standard InChI is InChI=1S/C8H13NS/c1-7(9-2)8-4-3-5-10-6-8/h7-8H,3-6H2,1H3. The molecule has 0 aromatic heterocycles. The lowest BCUT2D eigenvalue weighted by Gasteiger charge is -2.19. The van der Waals surface area contributed by atoms with Crippen LogP contribution in [0, 0.1) is 12.5 Å². The van der Waals surface area contributed by atoms with Crippen LogP contribution in [0.1, 0.15) is 19.8 Å². The van der Waals surface area contributed by atoms with Crippen molar-refractivity contribution in [2.24, 2.45) is 5.92 Å². The molecule has 1 aliphatic rings. The first-order chi connectivity index (χ1) is 4.84. The zero-order chi connectivity index (χ0) is 7.40. The smallest absolute Gasteiger partial charge is 0.224 e. The molecule has 1 rings (SSSR count). The maximum absolute atomic E-state index is 6.86. The van der Waals surface area contributed by atoms with Crippen molar-refractivity contribution in [3.63, 3.8) is 0 Å². The van der Waals surface area contributed by atoms with Gasteiger partial charge >= 0.3 is 0 Å². The largest absolute Gasteiger partial charge is 0.314 e. The molecule has 0 bridgehead atoms. The van der Waals surface area contributed by atoms with E-state index in [9.17, 15) is 0 Å². The molecule has 0 aliphatic carbocycles. The minimum Gasteiger partial charge on any atom is -0.314 e. The summed E-state index contributed by atoms with van der Waals surface area (Å²) in [6, 6.07) is 0.257. The average molecular weight is 155 g/mol. The lowest BCUT2D eigenvalue weighted by molar-refractivity contribution is 0.484. The van der Waals surface area contributed by atoms with Gasteiger partial charge in [-0.05, 0) is 18.6 Å². The molecule has 2 unspecified atom stereocenters. The molecule has 1 fully saturated rings. The summed E-state index contributed by atoms with van der Waals surface area (Å²) in [7, 11) is 0. The molecular weight excluding hydrogens is 142 g/mol. The van der Waals surface area contributed by atoms with E-state index in [1.165, 1.54) is 24.3 Å². The van der Waals surface area contributed by atoms with Crippen molar-refractivity contribution in [3.8, 4) is 0 Å². The Morgan fingerprint density at radius 3 is 3.00 bits per heavy atom. The normalized spacial score (nSPS) is 29.0. The van der Waals surface area contributed by atoms with E-state index in [0.717, 1.165) is 0 Å². The maximum Gasteiger partial charge on any atom is 0.224 e. The van der Waals surface area contributed by atoms with Gasteiger partial charge in [-0.2, -0.15) is 11.8 Å². The first kappa shape index (κ1) is 7.94. The van der Waals surface area contributed by atoms with Crippen molar-refractivity contribution < 1.29 is 0 Å². The number of thioether (sulfide) groups is 1. The summed E-state index contributed by atoms with van der Waals surface area (Å²) in [5, 5.41) is 0. The summed E-state index contributed by atoms with van der Waals surface area (Å²) < 4.78 is 0. The second-order valence-corrected chi connectivity index (χ2v) is 4.00. The number of hydrogen-bond donors (Lipinski definition) is 0. The van der Waals surface area contributed by atoms with Gasteiger partial charge in [-0.15, -0.1) is 0 Å². The van der Waals surface area contributed by atoms with Crippen molar-refractivity contribution in [3.05, 3.63) is 11.4 Å². The fourth-order valence-electron chi connectivity index (χ4n) is 1.25. The van der Waals surface area contributed by atoms with Crippen molar-refractivity contribution in [1.82, 2.24) is 0 Å². The Morgan fingerprint density at radius 2 is 2.50 bits per heavy atom. The van der Waals surface area contributed by atoms with E-state index < -0.39 is 0 Å². The minimum atomic E-state index is 0.257. The summed E-state index contributed by atoms with van der Waals surface area (Å²) in [6.45, 7) is 8.91. The molecule has 0 spiro atoms. The Morgan fingerprint density at radius 1 is 1.70 bits per heavy atom. The zero-order valence-corrected chi connectivity index (χ0v) is 7.16. The van der Waals surface area contributed by atoms with Crippen LogP contribution in [0.3, 0.4) is 0 Å². The third-order valence-corrected chi connectivity index (χ3v) is 3.32. The molecule has 56 valence electrons. The van der Waals surface area contributed by atoms with Gasteiger partial charge in [-0.3, -0.25) is 0 Å². The van der Waals surface area contributed by atoms with Crippen LogP contribution in [0.4, 0.5) is 0 Å². The highest BCUT2D eigenvalue weighted by molar-refractivity contribution is 7.99. The summed E-state index contributed by atoms with van der Waals surface area (Å²) >= 11 is 2.00. The van der Waals surface area contributed by atoms with Crippen LogP contribution in [0.15, 0.2) is 0 Å². The van der Waals surface area contributed by atoms with E-state index in [1.54, 1.807) is 0 Å². The molecule has 0 aromatic carbocycles. The molecule has 0 saturated carbocycles. The molecule has 1 heterocycles. The second kappa shape index (κ2) is 3.88. The Kier molecular flexibility index (Phi) is 3.08. The van der Waals surface area contributed by atoms with Crippen LogP contribution in [-0.4, -0.2) is 17.5 Å². The van der Waals surface area contributed by atoms with E-state index in [2.05, 4.69) is 4.85 Å². The molecule has 0 N–H and O–H groups in total. The fourth-order valence-corrected chi connectivity index (χ4v) is 2.54. The van der Waals surface area contributed by atoms with Gasteiger partial charge in [0.05, 0.1) is 0 Å². The molecule has 1 aliphatic heterocycles. The Labute approximate surface area is 67.0 Å². The molecular formula is C8H13NS. The summed E-state index contributed by atoms with van der Waals surface area (Å²) in [6.07, 6.45) is 2.59. The van der Waals surface area contributed by atoms with Crippen LogP contribution < -0.4 is 0 Å². The highest BCUT2D eigenvalue weighted by Crippen LogP contribution is 2.26. The van der Waals surface area contributed by atoms with Crippen molar-refractivity contribution in [1.29, 1.82) is 0 Å².